The Kier molecular flexibility index (Phi) is 7.27. The Morgan fingerprint density at radius 3 is 2.71 bits per heavy atom. The lowest BCUT2D eigenvalue weighted by Gasteiger charge is -2.28. The van der Waals surface area contributed by atoms with E-state index < -0.39 is 0 Å². The predicted molar refractivity (Wildman–Crippen MR) is 75.6 cm³/mol. The van der Waals surface area contributed by atoms with E-state index >= 15 is 0 Å². The molecule has 1 fully saturated rings. The average Bonchev–Trinajstić information content (AvgIpc) is 2.30. The van der Waals surface area contributed by atoms with Gasteiger partial charge in [-0.1, -0.05) is 51.0 Å². The summed E-state index contributed by atoms with van der Waals surface area (Å²) in [6.45, 7) is 8.01. The molecule has 17 heavy (non-hydrogen) atoms. The van der Waals surface area contributed by atoms with Gasteiger partial charge in [0.25, 0.3) is 0 Å². The highest BCUT2D eigenvalue weighted by atomic mass is 15.1. The van der Waals surface area contributed by atoms with Crippen LogP contribution in [0.15, 0.2) is 24.8 Å². The summed E-state index contributed by atoms with van der Waals surface area (Å²) in [5, 5.41) is 0. The monoisotopic (exact) mass is 233 g/mol. The van der Waals surface area contributed by atoms with E-state index in [4.69, 9.17) is 7.05 Å². The van der Waals surface area contributed by atoms with Gasteiger partial charge in [0.05, 0.1) is 0 Å². The first kappa shape index (κ1) is 14.5. The van der Waals surface area contributed by atoms with Gasteiger partial charge in [0.15, 0.2) is 0 Å². The summed E-state index contributed by atoms with van der Waals surface area (Å²) in [4.78, 5) is 2.03. The second-order valence-electron chi connectivity index (χ2n) is 5.46. The van der Waals surface area contributed by atoms with Crippen LogP contribution in [0.2, 0.25) is 0 Å². The van der Waals surface area contributed by atoms with Gasteiger partial charge in [-0.2, -0.15) is 0 Å². The normalized spacial score (nSPS) is 19.9. The van der Waals surface area contributed by atoms with Crippen LogP contribution in [-0.4, -0.2) is 18.0 Å². The first-order valence-electron chi connectivity index (χ1n) is 6.99. The number of hydrogen-bond acceptors (Lipinski definition) is 1. The van der Waals surface area contributed by atoms with Crippen molar-refractivity contribution < 1.29 is 0 Å². The van der Waals surface area contributed by atoms with Crippen molar-refractivity contribution in [2.24, 2.45) is 11.8 Å². The molecule has 1 aliphatic rings. The van der Waals surface area contributed by atoms with E-state index in [1.54, 1.807) is 0 Å². The zero-order chi connectivity index (χ0) is 12.5. The van der Waals surface area contributed by atoms with Gasteiger partial charge < -0.3 is 0 Å². The van der Waals surface area contributed by atoms with Gasteiger partial charge in [0.2, 0.25) is 0 Å². The SMILES string of the molecule is [CH]N(CC(C)C/C=C/C=C)CC1CCCCC1. The van der Waals surface area contributed by atoms with Crippen molar-refractivity contribution in [2.75, 3.05) is 13.1 Å². The molecule has 96 valence electrons. The maximum absolute atomic E-state index is 6.10. The summed E-state index contributed by atoms with van der Waals surface area (Å²) in [6, 6.07) is 0. The molecule has 0 aromatic heterocycles. The smallest absolute Gasteiger partial charge is 0.0439 e. The van der Waals surface area contributed by atoms with Gasteiger partial charge in [0.1, 0.15) is 0 Å². The molecular weight excluding hydrogens is 206 g/mol. The number of hydrogen-bond donors (Lipinski definition) is 0. The fraction of sp³-hybridized carbons (Fsp3) is 0.688. The van der Waals surface area contributed by atoms with Gasteiger partial charge in [-0.25, -0.2) is 0 Å². The second kappa shape index (κ2) is 8.52. The van der Waals surface area contributed by atoms with E-state index in [0.717, 1.165) is 25.4 Å². The molecule has 1 unspecified atom stereocenters. The lowest BCUT2D eigenvalue weighted by atomic mass is 9.89. The van der Waals surface area contributed by atoms with Gasteiger partial charge in [-0.05, 0) is 31.1 Å². The lowest BCUT2D eigenvalue weighted by molar-refractivity contribution is 0.231. The lowest BCUT2D eigenvalue weighted by Crippen LogP contribution is -2.29. The van der Waals surface area contributed by atoms with Crippen molar-refractivity contribution in [1.82, 2.24) is 4.90 Å². The molecule has 0 N–H and O–H groups in total. The summed E-state index contributed by atoms with van der Waals surface area (Å²) in [5.41, 5.74) is 0. The summed E-state index contributed by atoms with van der Waals surface area (Å²) >= 11 is 0. The number of allylic oxidation sites excluding steroid dienone is 3. The van der Waals surface area contributed by atoms with Crippen LogP contribution in [0.5, 0.6) is 0 Å². The van der Waals surface area contributed by atoms with Crippen molar-refractivity contribution in [1.29, 1.82) is 0 Å². The summed E-state index contributed by atoms with van der Waals surface area (Å²) in [6.07, 6.45) is 14.1. The number of rotatable bonds is 7. The molecule has 1 atom stereocenters. The predicted octanol–water partition coefficient (Wildman–Crippen LogP) is 4.31. The molecule has 0 saturated heterocycles. The van der Waals surface area contributed by atoms with Crippen LogP contribution < -0.4 is 0 Å². The van der Waals surface area contributed by atoms with Crippen LogP contribution in [0.1, 0.15) is 45.4 Å². The fourth-order valence-electron chi connectivity index (χ4n) is 2.66. The fourth-order valence-corrected chi connectivity index (χ4v) is 2.66. The van der Waals surface area contributed by atoms with Crippen molar-refractivity contribution in [3.05, 3.63) is 31.9 Å². The Balaban J connectivity index is 2.16. The first-order chi connectivity index (χ1) is 8.22. The minimum absolute atomic E-state index is 0.625. The average molecular weight is 233 g/mol. The minimum atomic E-state index is 0.625. The highest BCUT2D eigenvalue weighted by Crippen LogP contribution is 2.24. The van der Waals surface area contributed by atoms with E-state index in [2.05, 4.69) is 19.6 Å². The Morgan fingerprint density at radius 2 is 2.06 bits per heavy atom. The van der Waals surface area contributed by atoms with Crippen molar-refractivity contribution in [2.45, 2.75) is 45.4 Å². The van der Waals surface area contributed by atoms with Gasteiger partial charge in [-0.3, -0.25) is 4.90 Å². The third-order valence-corrected chi connectivity index (χ3v) is 3.57. The van der Waals surface area contributed by atoms with Crippen LogP contribution in [0.25, 0.3) is 0 Å². The van der Waals surface area contributed by atoms with E-state index in [1.807, 2.05) is 17.1 Å². The summed E-state index contributed by atoms with van der Waals surface area (Å²) in [7, 11) is 6.10. The molecule has 0 heterocycles. The first-order valence-corrected chi connectivity index (χ1v) is 6.99. The van der Waals surface area contributed by atoms with Crippen molar-refractivity contribution >= 4 is 0 Å². The molecule has 0 amide bonds. The molecule has 0 spiro atoms. The zero-order valence-corrected chi connectivity index (χ0v) is 11.3. The van der Waals surface area contributed by atoms with Crippen LogP contribution in [0, 0.1) is 18.9 Å². The molecule has 0 aliphatic heterocycles. The third-order valence-electron chi connectivity index (χ3n) is 3.57. The third kappa shape index (κ3) is 6.68. The number of nitrogens with zero attached hydrogens (tertiary/aromatic N) is 1. The van der Waals surface area contributed by atoms with E-state index in [9.17, 15) is 0 Å². The van der Waals surface area contributed by atoms with Gasteiger partial charge in [0, 0.05) is 20.1 Å². The molecule has 1 aliphatic carbocycles. The Hall–Kier alpha value is -0.560. The molecule has 0 bridgehead atoms. The molecule has 1 heteroatoms. The zero-order valence-electron chi connectivity index (χ0n) is 11.3. The summed E-state index contributed by atoms with van der Waals surface area (Å²) in [5.74, 6) is 1.46. The molecule has 0 aromatic rings. The molecule has 2 radical (unpaired) electrons. The topological polar surface area (TPSA) is 3.24 Å². The largest absolute Gasteiger partial charge is 0.297 e. The van der Waals surface area contributed by atoms with E-state index in [1.165, 1.54) is 32.1 Å². The van der Waals surface area contributed by atoms with Crippen LogP contribution in [0.4, 0.5) is 0 Å². The van der Waals surface area contributed by atoms with Crippen LogP contribution in [0.3, 0.4) is 0 Å². The standard InChI is InChI=1S/C16H27N/c1-4-5-7-10-15(2)13-17(3)14-16-11-8-6-9-12-16/h3-5,7,15-16H,1,6,8-14H2,2H3/b7-5+. The minimum Gasteiger partial charge on any atom is -0.297 e. The highest BCUT2D eigenvalue weighted by molar-refractivity contribution is 4.97. The van der Waals surface area contributed by atoms with E-state index in [-0.39, 0.29) is 0 Å². The molecule has 0 aromatic carbocycles. The second-order valence-corrected chi connectivity index (χ2v) is 5.46. The summed E-state index contributed by atoms with van der Waals surface area (Å²) < 4.78 is 0. The molecule has 1 rings (SSSR count). The Morgan fingerprint density at radius 1 is 1.35 bits per heavy atom. The van der Waals surface area contributed by atoms with Crippen molar-refractivity contribution in [3.8, 4) is 0 Å². The molecule has 1 nitrogen and oxygen atoms in total. The maximum atomic E-state index is 6.10. The van der Waals surface area contributed by atoms with Gasteiger partial charge in [-0.15, -0.1) is 0 Å². The van der Waals surface area contributed by atoms with Crippen LogP contribution >= 0.6 is 0 Å². The maximum Gasteiger partial charge on any atom is 0.0439 e. The van der Waals surface area contributed by atoms with Crippen LogP contribution in [-0.2, 0) is 0 Å². The van der Waals surface area contributed by atoms with E-state index in [0.29, 0.717) is 5.92 Å². The quantitative estimate of drug-likeness (QED) is 0.468. The Bertz CT molecular complexity index is 226. The molecule has 1 saturated carbocycles. The van der Waals surface area contributed by atoms with Gasteiger partial charge >= 0.3 is 0 Å². The highest BCUT2D eigenvalue weighted by Gasteiger charge is 2.16. The Labute approximate surface area is 108 Å². The molecular formula is C16H27N. The van der Waals surface area contributed by atoms with Crippen molar-refractivity contribution in [3.63, 3.8) is 0 Å².